The van der Waals surface area contributed by atoms with Crippen molar-refractivity contribution in [2.24, 2.45) is 0 Å². The number of ether oxygens (including phenoxy) is 1. The molecule has 0 heterocycles. The summed E-state index contributed by atoms with van der Waals surface area (Å²) in [7, 11) is 1.37. The second-order valence-corrected chi connectivity index (χ2v) is 1.63. The van der Waals surface area contributed by atoms with E-state index in [2.05, 4.69) is 4.74 Å². The minimum Gasteiger partial charge on any atom is -0.501 e. The van der Waals surface area contributed by atoms with Crippen LogP contribution in [0.25, 0.3) is 0 Å². The van der Waals surface area contributed by atoms with E-state index in [1.165, 1.54) is 13.2 Å². The number of aliphatic hydroxyl groups is 1. The van der Waals surface area contributed by atoms with Gasteiger partial charge in [-0.3, -0.25) is 4.79 Å². The first-order chi connectivity index (χ1) is 4.70. The maximum Gasteiger partial charge on any atom is 0.311 e. The molecule has 0 aliphatic heterocycles. The maximum absolute atomic E-state index is 10.0. The fourth-order valence-corrected chi connectivity index (χ4v) is 0.479. The predicted molar refractivity (Wildman–Crippen MR) is 34.4 cm³/mol. The van der Waals surface area contributed by atoms with Crippen LogP contribution in [0.15, 0.2) is 11.8 Å². The molecule has 0 unspecified atom stereocenters. The Morgan fingerprint density at radius 1 is 1.70 bits per heavy atom. The number of hydrogen-bond donors (Lipinski definition) is 2. The van der Waals surface area contributed by atoms with Crippen LogP contribution in [0.1, 0.15) is 6.42 Å². The fraction of sp³-hybridized carbons (Fsp3) is 0.500. The van der Waals surface area contributed by atoms with Gasteiger partial charge in [-0.2, -0.15) is 0 Å². The number of rotatable bonds is 4. The lowest BCUT2D eigenvalue weighted by Crippen LogP contribution is -1.99. The summed E-state index contributed by atoms with van der Waals surface area (Å²) in [5.41, 5.74) is 0. The number of carboxylic acid groups (broad SMARTS) is 1. The summed E-state index contributed by atoms with van der Waals surface area (Å²) in [5, 5.41) is 16.6. The van der Waals surface area contributed by atoms with Crippen molar-refractivity contribution in [3.63, 3.8) is 0 Å². The normalized spacial score (nSPS) is 11.2. The van der Waals surface area contributed by atoms with Crippen molar-refractivity contribution in [2.45, 2.75) is 6.42 Å². The molecule has 0 rings (SSSR count). The standard InChI is InChI=1S/C6H10O4/c1-10-5(2-3-7)4-6(8)9/h2,7H,3-4H2,1H3,(H,8,9). The molecule has 0 aromatic rings. The third-order valence-corrected chi connectivity index (χ3v) is 0.907. The first-order valence-corrected chi connectivity index (χ1v) is 2.76. The lowest BCUT2D eigenvalue weighted by Gasteiger charge is -2.00. The van der Waals surface area contributed by atoms with Gasteiger partial charge >= 0.3 is 5.97 Å². The molecule has 4 nitrogen and oxygen atoms in total. The molecule has 4 heteroatoms. The third-order valence-electron chi connectivity index (χ3n) is 0.907. The van der Waals surface area contributed by atoms with Crippen LogP contribution in [-0.2, 0) is 9.53 Å². The Kier molecular flexibility index (Phi) is 4.32. The molecule has 10 heavy (non-hydrogen) atoms. The first-order valence-electron chi connectivity index (χ1n) is 2.76. The summed E-state index contributed by atoms with van der Waals surface area (Å²) in [6, 6.07) is 0. The maximum atomic E-state index is 10.0. The number of aliphatic hydroxyl groups excluding tert-OH is 1. The zero-order valence-electron chi connectivity index (χ0n) is 5.70. The molecule has 2 N–H and O–H groups in total. The van der Waals surface area contributed by atoms with E-state index in [1.54, 1.807) is 0 Å². The molecular formula is C6H10O4. The highest BCUT2D eigenvalue weighted by Crippen LogP contribution is 2.00. The average molecular weight is 146 g/mol. The number of carboxylic acids is 1. The minimum absolute atomic E-state index is 0.183. The Labute approximate surface area is 58.7 Å². The zero-order valence-corrected chi connectivity index (χ0v) is 5.70. The Hall–Kier alpha value is -1.03. The van der Waals surface area contributed by atoms with Crippen molar-refractivity contribution in [2.75, 3.05) is 13.7 Å². The van der Waals surface area contributed by atoms with Crippen molar-refractivity contribution < 1.29 is 19.7 Å². The van der Waals surface area contributed by atoms with E-state index >= 15 is 0 Å². The lowest BCUT2D eigenvalue weighted by atomic mass is 10.3. The summed E-state index contributed by atoms with van der Waals surface area (Å²) in [6.07, 6.45) is 1.13. The molecule has 58 valence electrons. The van der Waals surface area contributed by atoms with E-state index in [4.69, 9.17) is 10.2 Å². The van der Waals surface area contributed by atoms with Crippen molar-refractivity contribution in [3.8, 4) is 0 Å². The molecular weight excluding hydrogens is 136 g/mol. The summed E-state index contributed by atoms with van der Waals surface area (Å²) >= 11 is 0. The largest absolute Gasteiger partial charge is 0.501 e. The number of aliphatic carboxylic acids is 1. The smallest absolute Gasteiger partial charge is 0.311 e. The van der Waals surface area contributed by atoms with E-state index < -0.39 is 5.97 Å². The monoisotopic (exact) mass is 146 g/mol. The van der Waals surface area contributed by atoms with Crippen LogP contribution in [0.5, 0.6) is 0 Å². The Morgan fingerprint density at radius 2 is 2.30 bits per heavy atom. The lowest BCUT2D eigenvalue weighted by molar-refractivity contribution is -0.136. The Morgan fingerprint density at radius 3 is 2.60 bits per heavy atom. The zero-order chi connectivity index (χ0) is 7.98. The van der Waals surface area contributed by atoms with E-state index in [0.29, 0.717) is 0 Å². The van der Waals surface area contributed by atoms with Crippen molar-refractivity contribution in [3.05, 3.63) is 11.8 Å². The Balaban J connectivity index is 3.83. The molecule has 0 radical (unpaired) electrons. The molecule has 0 aliphatic rings. The van der Waals surface area contributed by atoms with Crippen LogP contribution in [0.3, 0.4) is 0 Å². The molecule has 0 atom stereocenters. The third kappa shape index (κ3) is 3.91. The van der Waals surface area contributed by atoms with Crippen LogP contribution < -0.4 is 0 Å². The molecule has 0 saturated carbocycles. The van der Waals surface area contributed by atoms with E-state index in [-0.39, 0.29) is 18.8 Å². The quantitative estimate of drug-likeness (QED) is 0.547. The van der Waals surface area contributed by atoms with E-state index in [9.17, 15) is 4.79 Å². The number of hydrogen-bond acceptors (Lipinski definition) is 3. The van der Waals surface area contributed by atoms with Gasteiger partial charge in [-0.25, -0.2) is 0 Å². The van der Waals surface area contributed by atoms with Crippen LogP contribution in [0.2, 0.25) is 0 Å². The van der Waals surface area contributed by atoms with Gasteiger partial charge in [-0.1, -0.05) is 0 Å². The summed E-state index contributed by atoms with van der Waals surface area (Å²) in [5.74, 6) is -0.698. The van der Waals surface area contributed by atoms with Gasteiger partial charge < -0.3 is 14.9 Å². The van der Waals surface area contributed by atoms with Gasteiger partial charge in [-0.05, 0) is 6.08 Å². The van der Waals surface area contributed by atoms with Crippen molar-refractivity contribution >= 4 is 5.97 Å². The van der Waals surface area contributed by atoms with Gasteiger partial charge in [0.2, 0.25) is 0 Å². The Bertz CT molecular complexity index is 139. The first kappa shape index (κ1) is 8.97. The SMILES string of the molecule is COC(=CCO)CC(=O)O. The molecule has 0 aromatic heterocycles. The van der Waals surface area contributed by atoms with Gasteiger partial charge in [0.15, 0.2) is 0 Å². The number of carbonyl (C=O) groups is 1. The average Bonchev–Trinajstić information content (AvgIpc) is 1.86. The second kappa shape index (κ2) is 4.81. The van der Waals surface area contributed by atoms with Gasteiger partial charge in [0.25, 0.3) is 0 Å². The molecule has 0 bridgehead atoms. The van der Waals surface area contributed by atoms with E-state index in [1.807, 2.05) is 0 Å². The van der Waals surface area contributed by atoms with Gasteiger partial charge in [0.05, 0.1) is 13.7 Å². The number of methoxy groups -OCH3 is 1. The van der Waals surface area contributed by atoms with Gasteiger partial charge in [0.1, 0.15) is 12.2 Å². The van der Waals surface area contributed by atoms with Crippen molar-refractivity contribution in [1.82, 2.24) is 0 Å². The van der Waals surface area contributed by atoms with Crippen molar-refractivity contribution in [1.29, 1.82) is 0 Å². The topological polar surface area (TPSA) is 66.8 Å². The predicted octanol–water partition coefficient (Wildman–Crippen LogP) is -0.0163. The minimum atomic E-state index is -0.971. The van der Waals surface area contributed by atoms with Gasteiger partial charge in [0, 0.05) is 0 Å². The molecule has 0 aliphatic carbocycles. The highest BCUT2D eigenvalue weighted by Gasteiger charge is 2.01. The summed E-state index contributed by atoms with van der Waals surface area (Å²) < 4.78 is 4.62. The summed E-state index contributed by atoms with van der Waals surface area (Å²) in [4.78, 5) is 10.0. The molecule has 0 fully saturated rings. The highest BCUT2D eigenvalue weighted by molar-refractivity contribution is 5.69. The second-order valence-electron chi connectivity index (χ2n) is 1.63. The van der Waals surface area contributed by atoms with Gasteiger partial charge in [-0.15, -0.1) is 0 Å². The fourth-order valence-electron chi connectivity index (χ4n) is 0.479. The molecule has 0 amide bonds. The molecule has 0 saturated heterocycles. The van der Waals surface area contributed by atoms with Crippen LogP contribution in [-0.4, -0.2) is 29.9 Å². The molecule has 0 aromatic carbocycles. The van der Waals surface area contributed by atoms with Crippen LogP contribution in [0, 0.1) is 0 Å². The molecule has 0 spiro atoms. The highest BCUT2D eigenvalue weighted by atomic mass is 16.5. The summed E-state index contributed by atoms with van der Waals surface area (Å²) in [6.45, 7) is -0.198. The van der Waals surface area contributed by atoms with Crippen LogP contribution in [0.4, 0.5) is 0 Å². The van der Waals surface area contributed by atoms with E-state index in [0.717, 1.165) is 0 Å². The van der Waals surface area contributed by atoms with Crippen LogP contribution >= 0.6 is 0 Å².